The zero-order valence-corrected chi connectivity index (χ0v) is 11.6. The smallest absolute Gasteiger partial charge is 0.337 e. The van der Waals surface area contributed by atoms with Crippen molar-refractivity contribution in [2.45, 2.75) is 6.61 Å². The van der Waals surface area contributed by atoms with Crippen LogP contribution >= 0.6 is 11.6 Å². The summed E-state index contributed by atoms with van der Waals surface area (Å²) in [7, 11) is 1.57. The lowest BCUT2D eigenvalue weighted by atomic mass is 10.1. The van der Waals surface area contributed by atoms with E-state index in [0.29, 0.717) is 11.5 Å². The molecule has 2 aromatic rings. The first-order valence-corrected chi connectivity index (χ1v) is 6.27. The molecule has 4 nitrogen and oxygen atoms in total. The molecule has 0 radical (unpaired) electrons. The number of methoxy groups -OCH3 is 1. The highest BCUT2D eigenvalue weighted by Crippen LogP contribution is 2.27. The Morgan fingerprint density at radius 2 is 1.90 bits per heavy atom. The molecule has 0 saturated carbocycles. The molecule has 0 atom stereocenters. The summed E-state index contributed by atoms with van der Waals surface area (Å²) in [5.74, 6) is 0.210. The van der Waals surface area contributed by atoms with Crippen molar-refractivity contribution in [3.8, 4) is 11.5 Å². The average molecular weight is 293 g/mol. The number of carbonyl (C=O) groups is 1. The maximum Gasteiger partial charge on any atom is 0.337 e. The van der Waals surface area contributed by atoms with E-state index in [1.54, 1.807) is 31.4 Å². The molecule has 0 aliphatic heterocycles. The Hall–Kier alpha value is -2.20. The van der Waals surface area contributed by atoms with Gasteiger partial charge < -0.3 is 14.6 Å². The van der Waals surface area contributed by atoms with Crippen LogP contribution in [-0.4, -0.2) is 18.2 Å². The molecule has 0 fully saturated rings. The Labute approximate surface area is 121 Å². The van der Waals surface area contributed by atoms with Crippen LogP contribution in [0.1, 0.15) is 15.9 Å². The molecule has 0 aliphatic carbocycles. The van der Waals surface area contributed by atoms with Crippen LogP contribution in [0, 0.1) is 0 Å². The van der Waals surface area contributed by atoms with Crippen LogP contribution in [0.15, 0.2) is 42.5 Å². The van der Waals surface area contributed by atoms with Gasteiger partial charge in [-0.1, -0.05) is 29.8 Å². The van der Waals surface area contributed by atoms with Crippen molar-refractivity contribution in [1.82, 2.24) is 0 Å². The lowest BCUT2D eigenvalue weighted by Gasteiger charge is -2.10. The summed E-state index contributed by atoms with van der Waals surface area (Å²) < 4.78 is 10.8. The minimum absolute atomic E-state index is 0.0766. The Morgan fingerprint density at radius 1 is 1.20 bits per heavy atom. The molecule has 104 valence electrons. The van der Waals surface area contributed by atoms with Gasteiger partial charge in [0.05, 0.1) is 17.7 Å². The van der Waals surface area contributed by atoms with Crippen molar-refractivity contribution >= 4 is 17.6 Å². The van der Waals surface area contributed by atoms with Gasteiger partial charge in [0, 0.05) is 0 Å². The van der Waals surface area contributed by atoms with Gasteiger partial charge in [0.1, 0.15) is 6.61 Å². The monoisotopic (exact) mass is 292 g/mol. The van der Waals surface area contributed by atoms with Gasteiger partial charge in [0.15, 0.2) is 11.5 Å². The van der Waals surface area contributed by atoms with Crippen molar-refractivity contribution in [3.05, 3.63) is 58.6 Å². The van der Waals surface area contributed by atoms with E-state index in [9.17, 15) is 4.79 Å². The van der Waals surface area contributed by atoms with Crippen LogP contribution in [0.2, 0.25) is 5.02 Å². The fourth-order valence-electron chi connectivity index (χ4n) is 1.72. The number of benzene rings is 2. The number of para-hydroxylation sites is 2. The van der Waals surface area contributed by atoms with Crippen molar-refractivity contribution in [2.24, 2.45) is 0 Å². The van der Waals surface area contributed by atoms with Crippen LogP contribution < -0.4 is 9.47 Å². The van der Waals surface area contributed by atoms with E-state index >= 15 is 0 Å². The molecule has 0 amide bonds. The highest BCUT2D eigenvalue weighted by atomic mass is 35.5. The van der Waals surface area contributed by atoms with Crippen molar-refractivity contribution < 1.29 is 19.4 Å². The lowest BCUT2D eigenvalue weighted by molar-refractivity contribution is 0.0697. The molecule has 2 aromatic carbocycles. The molecular weight excluding hydrogens is 280 g/mol. The molecule has 0 bridgehead atoms. The van der Waals surface area contributed by atoms with E-state index in [1.165, 1.54) is 6.07 Å². The van der Waals surface area contributed by atoms with Gasteiger partial charge in [-0.05, 0) is 29.8 Å². The first kappa shape index (κ1) is 14.2. The molecule has 20 heavy (non-hydrogen) atoms. The summed E-state index contributed by atoms with van der Waals surface area (Å²) in [6, 6.07) is 12.0. The number of carboxylic acid groups (broad SMARTS) is 1. The number of halogens is 1. The zero-order valence-electron chi connectivity index (χ0n) is 10.8. The minimum Gasteiger partial charge on any atom is -0.493 e. The summed E-state index contributed by atoms with van der Waals surface area (Å²) in [4.78, 5) is 10.9. The zero-order chi connectivity index (χ0) is 14.5. The van der Waals surface area contributed by atoms with E-state index in [0.717, 1.165) is 5.56 Å². The normalized spacial score (nSPS) is 10.1. The Bertz CT molecular complexity index is 625. The molecule has 1 N–H and O–H groups in total. The number of hydrogen-bond donors (Lipinski definition) is 1. The van der Waals surface area contributed by atoms with Crippen LogP contribution in [0.5, 0.6) is 11.5 Å². The largest absolute Gasteiger partial charge is 0.493 e. The topological polar surface area (TPSA) is 55.8 Å². The van der Waals surface area contributed by atoms with E-state index in [2.05, 4.69) is 0 Å². The number of hydrogen-bond acceptors (Lipinski definition) is 3. The third-order valence-electron chi connectivity index (χ3n) is 2.73. The molecule has 0 aliphatic rings. The fourth-order valence-corrected chi connectivity index (χ4v) is 2.00. The summed E-state index contributed by atoms with van der Waals surface area (Å²) in [5.41, 5.74) is 0.860. The van der Waals surface area contributed by atoms with E-state index < -0.39 is 5.97 Å². The number of aromatic carboxylic acids is 1. The maximum atomic E-state index is 10.9. The van der Waals surface area contributed by atoms with E-state index in [-0.39, 0.29) is 17.2 Å². The van der Waals surface area contributed by atoms with Crippen molar-refractivity contribution in [3.63, 3.8) is 0 Å². The summed E-state index contributed by atoms with van der Waals surface area (Å²) >= 11 is 5.90. The van der Waals surface area contributed by atoms with Gasteiger partial charge in [0.2, 0.25) is 0 Å². The number of ether oxygens (including phenoxy) is 2. The van der Waals surface area contributed by atoms with Gasteiger partial charge in [0.25, 0.3) is 0 Å². The molecule has 0 unspecified atom stereocenters. The third kappa shape index (κ3) is 3.22. The molecular formula is C15H13ClO4. The maximum absolute atomic E-state index is 10.9. The molecule has 0 saturated heterocycles. The van der Waals surface area contributed by atoms with Gasteiger partial charge in [-0.15, -0.1) is 0 Å². The first-order valence-electron chi connectivity index (χ1n) is 5.89. The summed E-state index contributed by atoms with van der Waals surface area (Å²) in [6.07, 6.45) is 0. The predicted octanol–water partition coefficient (Wildman–Crippen LogP) is 3.63. The lowest BCUT2D eigenvalue weighted by Crippen LogP contribution is -2.01. The van der Waals surface area contributed by atoms with Crippen LogP contribution in [0.3, 0.4) is 0 Å². The summed E-state index contributed by atoms with van der Waals surface area (Å²) in [6.45, 7) is 0.278. The predicted molar refractivity (Wildman–Crippen MR) is 75.7 cm³/mol. The Kier molecular flexibility index (Phi) is 4.48. The van der Waals surface area contributed by atoms with Crippen LogP contribution in [-0.2, 0) is 6.61 Å². The van der Waals surface area contributed by atoms with Crippen molar-refractivity contribution in [1.29, 1.82) is 0 Å². The van der Waals surface area contributed by atoms with Crippen molar-refractivity contribution in [2.75, 3.05) is 7.11 Å². The van der Waals surface area contributed by atoms with Gasteiger partial charge in [-0.3, -0.25) is 0 Å². The van der Waals surface area contributed by atoms with Crippen LogP contribution in [0.4, 0.5) is 0 Å². The second kappa shape index (κ2) is 6.30. The second-order valence-corrected chi connectivity index (χ2v) is 4.47. The first-order chi connectivity index (χ1) is 9.61. The number of rotatable bonds is 5. The average Bonchev–Trinajstić information content (AvgIpc) is 2.45. The standard InChI is InChI=1S/C15H13ClO4/c1-19-13-4-2-3-5-14(13)20-9-10-6-7-11(15(17)18)12(16)8-10/h2-8H,9H2,1H3,(H,17,18). The molecule has 0 spiro atoms. The third-order valence-corrected chi connectivity index (χ3v) is 3.04. The highest BCUT2D eigenvalue weighted by molar-refractivity contribution is 6.33. The van der Waals surface area contributed by atoms with E-state index in [4.69, 9.17) is 26.2 Å². The number of carboxylic acids is 1. The Morgan fingerprint density at radius 3 is 2.50 bits per heavy atom. The van der Waals surface area contributed by atoms with Gasteiger partial charge in [-0.2, -0.15) is 0 Å². The molecule has 0 aromatic heterocycles. The van der Waals surface area contributed by atoms with E-state index in [1.807, 2.05) is 12.1 Å². The van der Waals surface area contributed by atoms with Gasteiger partial charge >= 0.3 is 5.97 Å². The highest BCUT2D eigenvalue weighted by Gasteiger charge is 2.09. The second-order valence-electron chi connectivity index (χ2n) is 4.06. The molecule has 2 rings (SSSR count). The molecule has 0 heterocycles. The summed E-state index contributed by atoms with van der Waals surface area (Å²) in [5, 5.41) is 9.09. The SMILES string of the molecule is COc1ccccc1OCc1ccc(C(=O)O)c(Cl)c1. The van der Waals surface area contributed by atoms with Gasteiger partial charge in [-0.25, -0.2) is 4.79 Å². The minimum atomic E-state index is -1.05. The van der Waals surface area contributed by atoms with Crippen LogP contribution in [0.25, 0.3) is 0 Å². The molecule has 5 heteroatoms. The fraction of sp³-hybridized carbons (Fsp3) is 0.133. The Balaban J connectivity index is 2.11. The quantitative estimate of drug-likeness (QED) is 0.914.